The Morgan fingerprint density at radius 1 is 1.37 bits per heavy atom. The number of sulfone groups is 1. The molecule has 19 heavy (non-hydrogen) atoms. The van der Waals surface area contributed by atoms with Crippen LogP contribution in [0.25, 0.3) is 0 Å². The molecule has 6 heteroatoms. The van der Waals surface area contributed by atoms with Crippen LogP contribution in [0, 0.1) is 0 Å². The Morgan fingerprint density at radius 2 is 2.11 bits per heavy atom. The number of halogens is 1. The first-order valence-corrected chi connectivity index (χ1v) is 8.92. The van der Waals surface area contributed by atoms with Crippen molar-refractivity contribution >= 4 is 25.8 Å². The fourth-order valence-electron chi connectivity index (χ4n) is 1.66. The second-order valence-electron chi connectivity index (χ2n) is 4.21. The van der Waals surface area contributed by atoms with Crippen molar-refractivity contribution in [3.05, 3.63) is 28.2 Å². The SMILES string of the molecule is CCS(=O)(=O)CCCOc1c(Br)cccc1CCN. The molecule has 1 rings (SSSR count). The van der Waals surface area contributed by atoms with E-state index in [2.05, 4.69) is 15.9 Å². The monoisotopic (exact) mass is 349 g/mol. The van der Waals surface area contributed by atoms with E-state index in [4.69, 9.17) is 10.5 Å². The van der Waals surface area contributed by atoms with Gasteiger partial charge in [-0.3, -0.25) is 0 Å². The van der Waals surface area contributed by atoms with Gasteiger partial charge in [0.25, 0.3) is 0 Å². The molecule has 0 aliphatic rings. The van der Waals surface area contributed by atoms with Crippen LogP contribution in [0.4, 0.5) is 0 Å². The summed E-state index contributed by atoms with van der Waals surface area (Å²) in [6, 6.07) is 5.80. The van der Waals surface area contributed by atoms with Gasteiger partial charge >= 0.3 is 0 Å². The van der Waals surface area contributed by atoms with Crippen LogP contribution in [0.3, 0.4) is 0 Å². The highest BCUT2D eigenvalue weighted by Gasteiger charge is 2.10. The van der Waals surface area contributed by atoms with Crippen LogP contribution in [-0.2, 0) is 16.3 Å². The summed E-state index contributed by atoms with van der Waals surface area (Å²) in [6.07, 6.45) is 1.24. The molecule has 0 aromatic heterocycles. The second-order valence-corrected chi connectivity index (χ2v) is 7.53. The molecule has 0 radical (unpaired) electrons. The van der Waals surface area contributed by atoms with Gasteiger partial charge in [-0.05, 0) is 46.9 Å². The molecule has 0 bridgehead atoms. The first kappa shape index (κ1) is 16.5. The minimum atomic E-state index is -2.92. The number of ether oxygens (including phenoxy) is 1. The second kappa shape index (κ2) is 7.87. The average Bonchev–Trinajstić information content (AvgIpc) is 2.37. The third-order valence-electron chi connectivity index (χ3n) is 2.75. The molecule has 108 valence electrons. The lowest BCUT2D eigenvalue weighted by atomic mass is 10.1. The van der Waals surface area contributed by atoms with Gasteiger partial charge in [-0.15, -0.1) is 0 Å². The molecule has 0 aliphatic heterocycles. The molecule has 0 amide bonds. The molecule has 0 unspecified atom stereocenters. The third-order valence-corrected chi connectivity index (χ3v) is 5.16. The van der Waals surface area contributed by atoms with Crippen molar-refractivity contribution in [1.82, 2.24) is 0 Å². The maximum absolute atomic E-state index is 11.4. The van der Waals surface area contributed by atoms with Gasteiger partial charge in [-0.1, -0.05) is 19.1 Å². The Morgan fingerprint density at radius 3 is 2.74 bits per heavy atom. The lowest BCUT2D eigenvalue weighted by Gasteiger charge is -2.12. The Hall–Kier alpha value is -0.590. The number of hydrogen-bond donors (Lipinski definition) is 1. The summed E-state index contributed by atoms with van der Waals surface area (Å²) in [5.74, 6) is 1.11. The van der Waals surface area contributed by atoms with E-state index < -0.39 is 9.84 Å². The number of benzene rings is 1. The van der Waals surface area contributed by atoms with Crippen molar-refractivity contribution in [2.24, 2.45) is 5.73 Å². The highest BCUT2D eigenvalue weighted by Crippen LogP contribution is 2.29. The molecule has 4 nitrogen and oxygen atoms in total. The summed E-state index contributed by atoms with van der Waals surface area (Å²) >= 11 is 3.44. The van der Waals surface area contributed by atoms with E-state index in [1.54, 1.807) is 6.92 Å². The van der Waals surface area contributed by atoms with Gasteiger partial charge < -0.3 is 10.5 Å². The summed E-state index contributed by atoms with van der Waals surface area (Å²) in [5, 5.41) is 0. The molecule has 0 saturated carbocycles. The van der Waals surface area contributed by atoms with Gasteiger partial charge in [-0.2, -0.15) is 0 Å². The summed E-state index contributed by atoms with van der Waals surface area (Å²) in [4.78, 5) is 0. The Labute approximate surface area is 123 Å². The van der Waals surface area contributed by atoms with E-state index >= 15 is 0 Å². The van der Waals surface area contributed by atoms with E-state index in [9.17, 15) is 8.42 Å². The average molecular weight is 350 g/mol. The smallest absolute Gasteiger partial charge is 0.150 e. The third kappa shape index (κ3) is 5.50. The van der Waals surface area contributed by atoms with Crippen molar-refractivity contribution in [3.63, 3.8) is 0 Å². The molecule has 0 aliphatic carbocycles. The van der Waals surface area contributed by atoms with E-state index in [1.165, 1.54) is 0 Å². The summed E-state index contributed by atoms with van der Waals surface area (Å²) < 4.78 is 29.3. The predicted octanol–water partition coefficient (Wildman–Crippen LogP) is 2.15. The largest absolute Gasteiger partial charge is 0.492 e. The van der Waals surface area contributed by atoms with Crippen molar-refractivity contribution < 1.29 is 13.2 Å². The lowest BCUT2D eigenvalue weighted by molar-refractivity contribution is 0.312. The first-order valence-electron chi connectivity index (χ1n) is 6.31. The minimum absolute atomic E-state index is 0.167. The van der Waals surface area contributed by atoms with Crippen molar-refractivity contribution in [1.29, 1.82) is 0 Å². The fraction of sp³-hybridized carbons (Fsp3) is 0.538. The van der Waals surface area contributed by atoms with Crippen LogP contribution in [-0.4, -0.2) is 33.1 Å². The standard InChI is InChI=1S/C13H20BrNO3S/c1-2-19(16,17)10-4-9-18-13-11(7-8-15)5-3-6-12(13)14/h3,5-6H,2,4,7-10,15H2,1H3. The molecule has 1 aromatic rings. The lowest BCUT2D eigenvalue weighted by Crippen LogP contribution is -2.12. The Kier molecular flexibility index (Phi) is 6.82. The van der Waals surface area contributed by atoms with Gasteiger partial charge in [0.05, 0.1) is 16.8 Å². The normalized spacial score (nSPS) is 11.5. The van der Waals surface area contributed by atoms with Gasteiger partial charge in [0.1, 0.15) is 15.6 Å². The van der Waals surface area contributed by atoms with Crippen molar-refractivity contribution in [2.75, 3.05) is 24.7 Å². The fourth-order valence-corrected chi connectivity index (χ4v) is 3.03. The van der Waals surface area contributed by atoms with Crippen LogP contribution in [0.2, 0.25) is 0 Å². The molecular formula is C13H20BrNO3S. The number of hydrogen-bond acceptors (Lipinski definition) is 4. The zero-order valence-corrected chi connectivity index (χ0v) is 13.5. The van der Waals surface area contributed by atoms with E-state index in [1.807, 2.05) is 18.2 Å². The van der Waals surface area contributed by atoms with E-state index in [0.717, 1.165) is 22.2 Å². The molecule has 2 N–H and O–H groups in total. The highest BCUT2D eigenvalue weighted by molar-refractivity contribution is 9.10. The minimum Gasteiger partial charge on any atom is -0.492 e. The molecule has 0 fully saturated rings. The summed E-state index contributed by atoms with van der Waals surface area (Å²) in [5.41, 5.74) is 6.60. The van der Waals surface area contributed by atoms with Crippen molar-refractivity contribution in [3.8, 4) is 5.75 Å². The predicted molar refractivity (Wildman–Crippen MR) is 81.3 cm³/mol. The van der Waals surface area contributed by atoms with Gasteiger partial charge in [0.15, 0.2) is 0 Å². The highest BCUT2D eigenvalue weighted by atomic mass is 79.9. The maximum Gasteiger partial charge on any atom is 0.150 e. The molecular weight excluding hydrogens is 330 g/mol. The zero-order valence-electron chi connectivity index (χ0n) is 11.1. The van der Waals surface area contributed by atoms with Crippen molar-refractivity contribution in [2.45, 2.75) is 19.8 Å². The number of nitrogens with two attached hydrogens (primary N) is 1. The first-order chi connectivity index (χ1) is 9.00. The zero-order chi connectivity index (χ0) is 14.3. The summed E-state index contributed by atoms with van der Waals surface area (Å²) in [6.45, 7) is 2.60. The Balaban J connectivity index is 2.58. The molecule has 0 saturated heterocycles. The molecule has 0 heterocycles. The van der Waals surface area contributed by atoms with Gasteiger partial charge in [-0.25, -0.2) is 8.42 Å². The van der Waals surface area contributed by atoms with Gasteiger partial charge in [0, 0.05) is 5.75 Å². The van der Waals surface area contributed by atoms with Crippen LogP contribution in [0.5, 0.6) is 5.75 Å². The Bertz CT molecular complexity index is 503. The maximum atomic E-state index is 11.4. The number of rotatable bonds is 8. The topological polar surface area (TPSA) is 69.4 Å². The van der Waals surface area contributed by atoms with Crippen LogP contribution in [0.1, 0.15) is 18.9 Å². The van der Waals surface area contributed by atoms with E-state index in [0.29, 0.717) is 19.6 Å². The van der Waals surface area contributed by atoms with Crippen LogP contribution >= 0.6 is 15.9 Å². The molecule has 0 spiro atoms. The van der Waals surface area contributed by atoms with Gasteiger partial charge in [0.2, 0.25) is 0 Å². The summed E-state index contributed by atoms with van der Waals surface area (Å²) in [7, 11) is -2.92. The molecule has 0 atom stereocenters. The quantitative estimate of drug-likeness (QED) is 0.730. The molecule has 1 aromatic carbocycles. The van der Waals surface area contributed by atoms with Crippen LogP contribution in [0.15, 0.2) is 22.7 Å². The van der Waals surface area contributed by atoms with Crippen LogP contribution < -0.4 is 10.5 Å². The number of para-hydroxylation sites is 1. The van der Waals surface area contributed by atoms with E-state index in [-0.39, 0.29) is 11.5 Å².